The molecule has 0 aromatic heterocycles. The number of aryl methyl sites for hydroxylation is 1. The van der Waals surface area contributed by atoms with Crippen molar-refractivity contribution in [3.05, 3.63) is 47.8 Å². The Morgan fingerprint density at radius 3 is 2.60 bits per heavy atom. The number of hydrogen-bond donors (Lipinski definition) is 1. The third kappa shape index (κ3) is 3.17. The topological polar surface area (TPSA) is 12.0 Å². The number of rotatable bonds is 4. The highest BCUT2D eigenvalue weighted by Crippen LogP contribution is 2.16. The molecule has 0 radical (unpaired) electrons. The average molecular weight is 207 g/mol. The largest absolute Gasteiger partial charge is 0.304 e. The molecule has 1 aromatic carbocycles. The summed E-state index contributed by atoms with van der Waals surface area (Å²) in [5.74, 6) is -0.146. The molecule has 1 rings (SSSR count). The third-order valence-corrected chi connectivity index (χ3v) is 2.56. The number of hydrogen-bond acceptors (Lipinski definition) is 1. The molecule has 2 unspecified atom stereocenters. The molecular formula is C13H18FN. The maximum absolute atomic E-state index is 13.3. The number of halogens is 1. The Balaban J connectivity index is 2.77. The van der Waals surface area contributed by atoms with E-state index in [1.807, 2.05) is 26.0 Å². The van der Waals surface area contributed by atoms with Crippen LogP contribution in [0, 0.1) is 12.7 Å². The van der Waals surface area contributed by atoms with Gasteiger partial charge < -0.3 is 5.32 Å². The normalized spacial score (nSPS) is 14.7. The lowest BCUT2D eigenvalue weighted by molar-refractivity contribution is 0.531. The van der Waals surface area contributed by atoms with Crippen molar-refractivity contribution in [1.82, 2.24) is 5.32 Å². The summed E-state index contributed by atoms with van der Waals surface area (Å²) in [7, 11) is 0. The van der Waals surface area contributed by atoms with E-state index in [0.29, 0.717) is 5.56 Å². The highest BCUT2D eigenvalue weighted by molar-refractivity contribution is 5.25. The molecule has 0 spiro atoms. The fraction of sp³-hybridized carbons (Fsp3) is 0.385. The van der Waals surface area contributed by atoms with E-state index in [0.717, 1.165) is 5.56 Å². The summed E-state index contributed by atoms with van der Waals surface area (Å²) in [6.45, 7) is 9.51. The van der Waals surface area contributed by atoms with Gasteiger partial charge in [-0.15, -0.1) is 6.58 Å². The summed E-state index contributed by atoms with van der Waals surface area (Å²) in [6, 6.07) is 5.70. The lowest BCUT2D eigenvalue weighted by Crippen LogP contribution is -2.26. The van der Waals surface area contributed by atoms with Crippen LogP contribution in [0.25, 0.3) is 0 Å². The highest BCUT2D eigenvalue weighted by Gasteiger charge is 2.08. The van der Waals surface area contributed by atoms with E-state index in [2.05, 4.69) is 11.9 Å². The smallest absolute Gasteiger partial charge is 0.126 e. The molecule has 1 N–H and O–H groups in total. The van der Waals surface area contributed by atoms with Gasteiger partial charge in [-0.2, -0.15) is 0 Å². The molecule has 0 aliphatic rings. The van der Waals surface area contributed by atoms with Crippen LogP contribution in [0.3, 0.4) is 0 Å². The summed E-state index contributed by atoms with van der Waals surface area (Å²) in [6.07, 6.45) is 1.83. The molecule has 0 aliphatic heterocycles. The predicted molar refractivity (Wildman–Crippen MR) is 62.3 cm³/mol. The summed E-state index contributed by atoms with van der Waals surface area (Å²) in [5, 5.41) is 3.31. The van der Waals surface area contributed by atoms with Crippen LogP contribution in [-0.2, 0) is 0 Å². The molecule has 0 saturated heterocycles. The van der Waals surface area contributed by atoms with Crippen molar-refractivity contribution in [2.75, 3.05) is 0 Å². The van der Waals surface area contributed by atoms with Crippen LogP contribution >= 0.6 is 0 Å². The highest BCUT2D eigenvalue weighted by atomic mass is 19.1. The van der Waals surface area contributed by atoms with Crippen molar-refractivity contribution in [2.45, 2.75) is 32.9 Å². The standard InChI is InChI=1S/C13H18FN/c1-5-10(3)15-11(4)12-7-6-9(2)13(14)8-12/h5-8,10-11,15H,1H2,2-4H3. The predicted octanol–water partition coefficient (Wildman–Crippen LogP) is 3.36. The molecule has 1 aromatic rings. The fourth-order valence-corrected chi connectivity index (χ4v) is 1.44. The first kappa shape index (κ1) is 11.9. The molecule has 0 aliphatic carbocycles. The number of nitrogens with one attached hydrogen (secondary N) is 1. The van der Waals surface area contributed by atoms with E-state index < -0.39 is 0 Å². The van der Waals surface area contributed by atoms with Crippen molar-refractivity contribution >= 4 is 0 Å². The minimum atomic E-state index is -0.146. The zero-order valence-corrected chi connectivity index (χ0v) is 9.55. The van der Waals surface area contributed by atoms with Gasteiger partial charge in [-0.3, -0.25) is 0 Å². The molecule has 1 nitrogen and oxygen atoms in total. The lowest BCUT2D eigenvalue weighted by Gasteiger charge is -2.18. The quantitative estimate of drug-likeness (QED) is 0.746. The molecule has 0 saturated carbocycles. The van der Waals surface area contributed by atoms with Gasteiger partial charge in [0, 0.05) is 12.1 Å². The molecular weight excluding hydrogens is 189 g/mol. The SMILES string of the molecule is C=CC(C)NC(C)c1ccc(C)c(F)c1. The molecule has 0 bridgehead atoms. The van der Waals surface area contributed by atoms with Crippen LogP contribution in [0.15, 0.2) is 30.9 Å². The van der Waals surface area contributed by atoms with Crippen LogP contribution < -0.4 is 5.32 Å². The molecule has 82 valence electrons. The van der Waals surface area contributed by atoms with Crippen LogP contribution in [0.4, 0.5) is 4.39 Å². The van der Waals surface area contributed by atoms with Crippen molar-refractivity contribution < 1.29 is 4.39 Å². The van der Waals surface area contributed by atoms with Crippen LogP contribution in [0.5, 0.6) is 0 Å². The minimum Gasteiger partial charge on any atom is -0.304 e. The van der Waals surface area contributed by atoms with Crippen molar-refractivity contribution in [1.29, 1.82) is 0 Å². The molecule has 0 heterocycles. The zero-order valence-electron chi connectivity index (χ0n) is 9.55. The van der Waals surface area contributed by atoms with Crippen LogP contribution in [-0.4, -0.2) is 6.04 Å². The van der Waals surface area contributed by atoms with Gasteiger partial charge in [0.05, 0.1) is 0 Å². The van der Waals surface area contributed by atoms with E-state index >= 15 is 0 Å². The van der Waals surface area contributed by atoms with Gasteiger partial charge in [-0.05, 0) is 38.0 Å². The number of benzene rings is 1. The summed E-state index contributed by atoms with van der Waals surface area (Å²) >= 11 is 0. The summed E-state index contributed by atoms with van der Waals surface area (Å²) in [4.78, 5) is 0. The second-order valence-corrected chi connectivity index (χ2v) is 3.92. The van der Waals surface area contributed by atoms with Gasteiger partial charge in [0.2, 0.25) is 0 Å². The van der Waals surface area contributed by atoms with Gasteiger partial charge in [0.25, 0.3) is 0 Å². The van der Waals surface area contributed by atoms with Crippen molar-refractivity contribution in [3.63, 3.8) is 0 Å². The second-order valence-electron chi connectivity index (χ2n) is 3.92. The first-order valence-corrected chi connectivity index (χ1v) is 5.19. The van der Waals surface area contributed by atoms with Gasteiger partial charge >= 0.3 is 0 Å². The maximum Gasteiger partial charge on any atom is 0.126 e. The van der Waals surface area contributed by atoms with Gasteiger partial charge in [0.15, 0.2) is 0 Å². The van der Waals surface area contributed by atoms with Gasteiger partial charge in [-0.25, -0.2) is 4.39 Å². The average Bonchev–Trinajstić information content (AvgIpc) is 2.21. The fourth-order valence-electron chi connectivity index (χ4n) is 1.44. The molecule has 0 amide bonds. The molecule has 2 atom stereocenters. The third-order valence-electron chi connectivity index (χ3n) is 2.56. The lowest BCUT2D eigenvalue weighted by atomic mass is 10.1. The van der Waals surface area contributed by atoms with Gasteiger partial charge in [-0.1, -0.05) is 18.2 Å². The van der Waals surface area contributed by atoms with Crippen LogP contribution in [0.1, 0.15) is 31.0 Å². The Morgan fingerprint density at radius 1 is 1.40 bits per heavy atom. The molecule has 2 heteroatoms. The summed E-state index contributed by atoms with van der Waals surface area (Å²) in [5.41, 5.74) is 1.65. The summed E-state index contributed by atoms with van der Waals surface area (Å²) < 4.78 is 13.3. The Morgan fingerprint density at radius 2 is 2.07 bits per heavy atom. The van der Waals surface area contributed by atoms with Gasteiger partial charge in [0.1, 0.15) is 5.82 Å². The molecule has 0 fully saturated rings. The van der Waals surface area contributed by atoms with Crippen molar-refractivity contribution in [2.24, 2.45) is 0 Å². The Bertz CT molecular complexity index is 346. The monoisotopic (exact) mass is 207 g/mol. The Hall–Kier alpha value is -1.15. The van der Waals surface area contributed by atoms with E-state index in [-0.39, 0.29) is 17.9 Å². The van der Waals surface area contributed by atoms with E-state index in [1.165, 1.54) is 0 Å². The molecule has 15 heavy (non-hydrogen) atoms. The van der Waals surface area contributed by atoms with Crippen molar-refractivity contribution in [3.8, 4) is 0 Å². The maximum atomic E-state index is 13.3. The zero-order chi connectivity index (χ0) is 11.4. The Kier molecular flexibility index (Phi) is 4.04. The first-order valence-electron chi connectivity index (χ1n) is 5.19. The second kappa shape index (κ2) is 5.08. The first-order chi connectivity index (χ1) is 7.04. The van der Waals surface area contributed by atoms with E-state index in [1.54, 1.807) is 19.1 Å². The van der Waals surface area contributed by atoms with E-state index in [4.69, 9.17) is 0 Å². The Labute approximate surface area is 91.0 Å². The minimum absolute atomic E-state index is 0.132. The van der Waals surface area contributed by atoms with E-state index in [9.17, 15) is 4.39 Å². The van der Waals surface area contributed by atoms with Crippen LogP contribution in [0.2, 0.25) is 0 Å².